The molecule has 1 aliphatic rings. The van der Waals surface area contributed by atoms with Gasteiger partial charge in [0.05, 0.1) is 4.83 Å². The number of benzene rings is 1. The zero-order valence-corrected chi connectivity index (χ0v) is 13.2. The second-order valence-corrected chi connectivity index (χ2v) is 6.46. The predicted octanol–water partition coefficient (Wildman–Crippen LogP) is 3.39. The number of anilines is 2. The quantitative estimate of drug-likeness (QED) is 0.808. The Bertz CT molecular complexity index is 495. The molecule has 0 spiro atoms. The number of carbonyl (C=O) groups is 2. The van der Waals surface area contributed by atoms with Crippen LogP contribution in [0.1, 0.15) is 26.7 Å². The minimum atomic E-state index is -0.211. The lowest BCUT2D eigenvalue weighted by molar-refractivity contribution is -0.117. The highest BCUT2D eigenvalue weighted by atomic mass is 79.9. The summed E-state index contributed by atoms with van der Waals surface area (Å²) >= 11 is 3.37. The van der Waals surface area contributed by atoms with E-state index >= 15 is 0 Å². The van der Waals surface area contributed by atoms with E-state index in [1.165, 1.54) is 0 Å². The van der Waals surface area contributed by atoms with Crippen molar-refractivity contribution in [2.24, 2.45) is 11.8 Å². The van der Waals surface area contributed by atoms with Gasteiger partial charge < -0.3 is 10.6 Å². The molecule has 2 amide bonds. The van der Waals surface area contributed by atoms with Crippen molar-refractivity contribution in [3.05, 3.63) is 24.3 Å². The van der Waals surface area contributed by atoms with Crippen molar-refractivity contribution in [2.45, 2.75) is 31.5 Å². The van der Waals surface area contributed by atoms with Crippen molar-refractivity contribution in [3.8, 4) is 0 Å². The van der Waals surface area contributed by atoms with Crippen molar-refractivity contribution >= 4 is 39.1 Å². The average Bonchev–Trinajstić information content (AvgIpc) is 3.24. The molecule has 1 atom stereocenters. The molecule has 0 aromatic heterocycles. The van der Waals surface area contributed by atoms with Crippen LogP contribution in [0.15, 0.2) is 24.3 Å². The number of hydrogen-bond donors (Lipinski definition) is 2. The smallest absolute Gasteiger partial charge is 0.238 e. The molecule has 0 radical (unpaired) electrons. The van der Waals surface area contributed by atoms with Gasteiger partial charge in [-0.05, 0) is 43.0 Å². The van der Waals surface area contributed by atoms with E-state index in [-0.39, 0.29) is 28.5 Å². The highest BCUT2D eigenvalue weighted by Gasteiger charge is 2.29. The lowest BCUT2D eigenvalue weighted by atomic mass is 10.1. The summed E-state index contributed by atoms with van der Waals surface area (Å²) in [6.45, 7) is 3.96. The van der Waals surface area contributed by atoms with Gasteiger partial charge in [0.25, 0.3) is 0 Å². The Labute approximate surface area is 127 Å². The highest BCUT2D eigenvalue weighted by molar-refractivity contribution is 9.10. The van der Waals surface area contributed by atoms with E-state index in [9.17, 15) is 9.59 Å². The molecule has 1 saturated carbocycles. The van der Waals surface area contributed by atoms with Crippen LogP contribution in [0, 0.1) is 11.8 Å². The van der Waals surface area contributed by atoms with Crippen LogP contribution in [0.5, 0.6) is 0 Å². The molecule has 1 aromatic rings. The summed E-state index contributed by atoms with van der Waals surface area (Å²) in [5.74, 6) is 0.443. The molecule has 1 unspecified atom stereocenters. The Balaban J connectivity index is 1.90. The molecule has 5 heteroatoms. The number of hydrogen-bond acceptors (Lipinski definition) is 2. The monoisotopic (exact) mass is 338 g/mol. The van der Waals surface area contributed by atoms with E-state index in [0.29, 0.717) is 0 Å². The summed E-state index contributed by atoms with van der Waals surface area (Å²) < 4.78 is 0. The Hall–Kier alpha value is -1.36. The van der Waals surface area contributed by atoms with Crippen molar-refractivity contribution in [3.63, 3.8) is 0 Å². The molecular weight excluding hydrogens is 320 g/mol. The number of carbonyl (C=O) groups excluding carboxylic acids is 2. The second-order valence-electron chi connectivity index (χ2n) is 5.48. The summed E-state index contributed by atoms with van der Waals surface area (Å²) in [6, 6.07) is 7.18. The number of alkyl halides is 1. The van der Waals surface area contributed by atoms with Gasteiger partial charge in [-0.15, -0.1) is 0 Å². The standard InChI is InChI=1S/C15H19BrN2O2/c1-9(2)13(16)15(20)18-12-7-5-11(6-8-12)17-14(19)10-3-4-10/h5-10,13H,3-4H2,1-2H3,(H,17,19)(H,18,20). The van der Waals surface area contributed by atoms with Crippen molar-refractivity contribution in [1.82, 2.24) is 0 Å². The van der Waals surface area contributed by atoms with Gasteiger partial charge in [-0.25, -0.2) is 0 Å². The maximum atomic E-state index is 11.9. The third-order valence-corrected chi connectivity index (χ3v) is 4.68. The molecular formula is C15H19BrN2O2. The first-order valence-corrected chi connectivity index (χ1v) is 7.75. The zero-order valence-electron chi connectivity index (χ0n) is 11.7. The van der Waals surface area contributed by atoms with Crippen molar-refractivity contribution < 1.29 is 9.59 Å². The van der Waals surface area contributed by atoms with Gasteiger partial charge in [0.2, 0.25) is 11.8 Å². The third kappa shape index (κ3) is 4.07. The molecule has 0 heterocycles. The fraction of sp³-hybridized carbons (Fsp3) is 0.467. The first-order valence-electron chi connectivity index (χ1n) is 6.83. The summed E-state index contributed by atoms with van der Waals surface area (Å²) in [6.07, 6.45) is 1.98. The maximum absolute atomic E-state index is 11.9. The summed E-state index contributed by atoms with van der Waals surface area (Å²) in [5, 5.41) is 5.70. The van der Waals surface area contributed by atoms with Gasteiger partial charge >= 0.3 is 0 Å². The Morgan fingerprint density at radius 3 is 2.05 bits per heavy atom. The van der Waals surface area contributed by atoms with Crippen molar-refractivity contribution in [2.75, 3.05) is 10.6 Å². The molecule has 20 heavy (non-hydrogen) atoms. The van der Waals surface area contributed by atoms with Crippen molar-refractivity contribution in [1.29, 1.82) is 0 Å². The zero-order chi connectivity index (χ0) is 14.7. The third-order valence-electron chi connectivity index (χ3n) is 3.20. The van der Waals surface area contributed by atoms with Gasteiger partial charge in [0.1, 0.15) is 0 Å². The Kier molecular flexibility index (Phi) is 4.81. The summed E-state index contributed by atoms with van der Waals surface area (Å²) in [4.78, 5) is 23.3. The second kappa shape index (κ2) is 6.39. The van der Waals surface area contributed by atoms with Crippen LogP contribution in [-0.4, -0.2) is 16.6 Å². The molecule has 1 aromatic carbocycles. The van der Waals surface area contributed by atoms with Crippen LogP contribution in [0.25, 0.3) is 0 Å². The van der Waals surface area contributed by atoms with Gasteiger partial charge in [0, 0.05) is 17.3 Å². The fourth-order valence-electron chi connectivity index (χ4n) is 1.74. The molecule has 2 N–H and O–H groups in total. The van der Waals surface area contributed by atoms with Gasteiger partial charge in [0.15, 0.2) is 0 Å². The first-order chi connectivity index (χ1) is 9.47. The van der Waals surface area contributed by atoms with E-state index in [2.05, 4.69) is 26.6 Å². The normalized spacial score (nSPS) is 15.8. The number of nitrogens with one attached hydrogen (secondary N) is 2. The molecule has 0 saturated heterocycles. The first kappa shape index (κ1) is 15.0. The van der Waals surface area contributed by atoms with E-state index < -0.39 is 0 Å². The van der Waals surface area contributed by atoms with Crippen LogP contribution >= 0.6 is 15.9 Å². The van der Waals surface area contributed by atoms with Gasteiger partial charge in [-0.2, -0.15) is 0 Å². The lowest BCUT2D eigenvalue weighted by Gasteiger charge is -2.14. The minimum Gasteiger partial charge on any atom is -0.326 e. The Morgan fingerprint density at radius 2 is 1.60 bits per heavy atom. The van der Waals surface area contributed by atoms with E-state index in [4.69, 9.17) is 0 Å². The maximum Gasteiger partial charge on any atom is 0.238 e. The largest absolute Gasteiger partial charge is 0.326 e. The van der Waals surface area contributed by atoms with E-state index in [0.717, 1.165) is 24.2 Å². The predicted molar refractivity (Wildman–Crippen MR) is 84.0 cm³/mol. The number of rotatable bonds is 5. The number of halogens is 1. The summed E-state index contributed by atoms with van der Waals surface area (Å²) in [7, 11) is 0. The molecule has 2 rings (SSSR count). The van der Waals surface area contributed by atoms with Crippen LogP contribution in [0.4, 0.5) is 11.4 Å². The molecule has 4 nitrogen and oxygen atoms in total. The van der Waals surface area contributed by atoms with Crippen LogP contribution in [0.2, 0.25) is 0 Å². The Morgan fingerprint density at radius 1 is 1.10 bits per heavy atom. The minimum absolute atomic E-state index is 0.0604. The average molecular weight is 339 g/mol. The topological polar surface area (TPSA) is 58.2 Å². The highest BCUT2D eigenvalue weighted by Crippen LogP contribution is 2.30. The number of amides is 2. The SMILES string of the molecule is CC(C)C(Br)C(=O)Nc1ccc(NC(=O)C2CC2)cc1. The van der Waals surface area contributed by atoms with Crippen LogP contribution in [0.3, 0.4) is 0 Å². The molecule has 108 valence electrons. The van der Waals surface area contributed by atoms with Crippen LogP contribution in [-0.2, 0) is 9.59 Å². The molecule has 0 aliphatic heterocycles. The van der Waals surface area contributed by atoms with Gasteiger partial charge in [-0.1, -0.05) is 29.8 Å². The molecule has 1 aliphatic carbocycles. The fourth-order valence-corrected chi connectivity index (χ4v) is 1.86. The van der Waals surface area contributed by atoms with E-state index in [1.54, 1.807) is 24.3 Å². The molecule has 0 bridgehead atoms. The molecule has 1 fully saturated rings. The van der Waals surface area contributed by atoms with Gasteiger partial charge in [-0.3, -0.25) is 9.59 Å². The summed E-state index contributed by atoms with van der Waals surface area (Å²) in [5.41, 5.74) is 1.49. The van der Waals surface area contributed by atoms with Crippen LogP contribution < -0.4 is 10.6 Å². The van der Waals surface area contributed by atoms with E-state index in [1.807, 2.05) is 13.8 Å². The lowest BCUT2D eigenvalue weighted by Crippen LogP contribution is -2.26.